The molecule has 8 aromatic rings. The lowest BCUT2D eigenvalue weighted by molar-refractivity contribution is 0.483. The average molecular weight is 723 g/mol. The summed E-state index contributed by atoms with van der Waals surface area (Å²) in [7, 11) is 2.14. The van der Waals surface area contributed by atoms with E-state index < -0.39 is 0 Å². The van der Waals surface area contributed by atoms with E-state index in [1.807, 2.05) is 18.5 Å². The standard InChI is InChI=1S/C52H42N4/c1-32-43(28-40(38-16-12-26-53-30-38)29-44(32)39-17-13-27-56(4)31-39)35-22-24-37(25-23-35)52-50-34(3)47-41-18-8-10-20-45(41)54-51(36-14-6-5-7-15-36)49(47)33(2)48(50)42-19-9-11-21-46(42)55-52/h5-30,32,43H,31H2,1-4H3. The molecule has 2 aliphatic rings. The zero-order chi connectivity index (χ0) is 37.9. The highest BCUT2D eigenvalue weighted by atomic mass is 15.1. The Morgan fingerprint density at radius 2 is 1.21 bits per heavy atom. The molecule has 0 amide bonds. The number of para-hydroxylation sites is 2. The fourth-order valence-electron chi connectivity index (χ4n) is 9.29. The van der Waals surface area contributed by atoms with E-state index in [1.54, 1.807) is 0 Å². The van der Waals surface area contributed by atoms with Gasteiger partial charge in [0.15, 0.2) is 0 Å². The van der Waals surface area contributed by atoms with Crippen molar-refractivity contribution in [1.82, 2.24) is 19.9 Å². The Kier molecular flexibility index (Phi) is 8.22. The highest BCUT2D eigenvalue weighted by Crippen LogP contribution is 2.46. The van der Waals surface area contributed by atoms with Crippen molar-refractivity contribution in [3.63, 3.8) is 0 Å². The van der Waals surface area contributed by atoms with Gasteiger partial charge in [-0.05, 0) is 100.0 Å². The molecular weight excluding hydrogens is 681 g/mol. The van der Waals surface area contributed by atoms with Crippen molar-refractivity contribution in [2.24, 2.45) is 5.92 Å². The topological polar surface area (TPSA) is 41.9 Å². The summed E-state index contributed by atoms with van der Waals surface area (Å²) in [5, 5.41) is 7.23. The van der Waals surface area contributed by atoms with E-state index in [2.05, 4.69) is 177 Å². The summed E-state index contributed by atoms with van der Waals surface area (Å²) < 4.78 is 0. The molecule has 56 heavy (non-hydrogen) atoms. The first kappa shape index (κ1) is 33.9. The van der Waals surface area contributed by atoms with Gasteiger partial charge in [-0.1, -0.05) is 122 Å². The van der Waals surface area contributed by atoms with Crippen molar-refractivity contribution in [3.8, 4) is 22.5 Å². The van der Waals surface area contributed by atoms with Crippen LogP contribution in [0.25, 0.3) is 71.4 Å². The molecule has 1 aliphatic heterocycles. The molecule has 0 bridgehead atoms. The fourth-order valence-corrected chi connectivity index (χ4v) is 9.29. The maximum atomic E-state index is 5.47. The third-order valence-corrected chi connectivity index (χ3v) is 12.0. The number of fused-ring (bicyclic) bond motifs is 6. The van der Waals surface area contributed by atoms with Crippen LogP contribution >= 0.6 is 0 Å². The molecule has 0 fully saturated rings. The SMILES string of the molecule is Cc1c2c(-c3ccc(C4C=C(c5cccnc5)C=C(C5=CC=CN(C)C5)C4C)cc3)nc3ccccc3c2c(C)c2c(-c3ccccc3)nc3ccccc3c12. The number of hydrogen-bond acceptors (Lipinski definition) is 4. The molecule has 4 heteroatoms. The third kappa shape index (κ3) is 5.55. The Labute approximate surface area is 327 Å². The van der Waals surface area contributed by atoms with Crippen LogP contribution < -0.4 is 0 Å². The monoisotopic (exact) mass is 722 g/mol. The van der Waals surface area contributed by atoms with Gasteiger partial charge >= 0.3 is 0 Å². The van der Waals surface area contributed by atoms with Crippen molar-refractivity contribution in [3.05, 3.63) is 192 Å². The van der Waals surface area contributed by atoms with Gasteiger partial charge in [-0.3, -0.25) is 4.98 Å². The second-order valence-electron chi connectivity index (χ2n) is 15.4. The average Bonchev–Trinajstić information content (AvgIpc) is 3.25. The Bertz CT molecular complexity index is 2970. The minimum Gasteiger partial charge on any atom is -0.376 e. The maximum Gasteiger partial charge on any atom is 0.0791 e. The van der Waals surface area contributed by atoms with Crippen LogP contribution in [-0.4, -0.2) is 33.4 Å². The highest BCUT2D eigenvalue weighted by molar-refractivity contribution is 6.25. The van der Waals surface area contributed by atoms with Crippen LogP contribution in [0.3, 0.4) is 0 Å². The van der Waals surface area contributed by atoms with Gasteiger partial charge in [0, 0.05) is 64.6 Å². The van der Waals surface area contributed by atoms with Gasteiger partial charge < -0.3 is 4.90 Å². The minimum atomic E-state index is 0.195. The maximum absolute atomic E-state index is 5.47. The summed E-state index contributed by atoms with van der Waals surface area (Å²) in [4.78, 5) is 17.5. The normalized spacial score (nSPS) is 17.1. The van der Waals surface area contributed by atoms with Gasteiger partial charge in [-0.25, -0.2) is 9.97 Å². The largest absolute Gasteiger partial charge is 0.376 e. The molecule has 10 rings (SSSR count). The van der Waals surface area contributed by atoms with E-state index in [4.69, 9.17) is 9.97 Å². The Morgan fingerprint density at radius 3 is 1.82 bits per heavy atom. The Morgan fingerprint density at radius 1 is 0.625 bits per heavy atom. The van der Waals surface area contributed by atoms with Gasteiger partial charge in [0.25, 0.3) is 0 Å². The van der Waals surface area contributed by atoms with Crippen LogP contribution in [-0.2, 0) is 0 Å². The number of nitrogens with zero attached hydrogens (tertiary/aromatic N) is 4. The summed E-state index contributed by atoms with van der Waals surface area (Å²) >= 11 is 0. The molecule has 0 N–H and O–H groups in total. The molecular formula is C52H42N4. The molecule has 0 radical (unpaired) electrons. The van der Waals surface area contributed by atoms with Crippen LogP contribution in [0, 0.1) is 19.8 Å². The number of hydrogen-bond donors (Lipinski definition) is 0. The molecule has 0 saturated heterocycles. The van der Waals surface area contributed by atoms with Crippen LogP contribution in [0.2, 0.25) is 0 Å². The second kappa shape index (κ2) is 13.6. The van der Waals surface area contributed by atoms with Crippen LogP contribution in [0.4, 0.5) is 0 Å². The number of pyridine rings is 3. The lowest BCUT2D eigenvalue weighted by atomic mass is 9.73. The van der Waals surface area contributed by atoms with Crippen molar-refractivity contribution < 1.29 is 0 Å². The van der Waals surface area contributed by atoms with Crippen LogP contribution in [0.1, 0.15) is 35.1 Å². The Balaban J connectivity index is 1.17. The predicted molar refractivity (Wildman–Crippen MR) is 234 cm³/mol. The minimum absolute atomic E-state index is 0.195. The molecule has 0 saturated carbocycles. The van der Waals surface area contributed by atoms with Crippen molar-refractivity contribution in [1.29, 1.82) is 0 Å². The fraction of sp³-hybridized carbons (Fsp3) is 0.135. The molecule has 270 valence electrons. The first-order valence-corrected chi connectivity index (χ1v) is 19.6. The predicted octanol–water partition coefficient (Wildman–Crippen LogP) is 12.6. The van der Waals surface area contributed by atoms with Gasteiger partial charge in [-0.15, -0.1) is 0 Å². The van der Waals surface area contributed by atoms with Crippen molar-refractivity contribution in [2.75, 3.05) is 13.6 Å². The van der Waals surface area contributed by atoms with Gasteiger partial charge in [-0.2, -0.15) is 0 Å². The number of likely N-dealkylation sites (N-methyl/N-ethyl adjacent to an activating group) is 1. The highest BCUT2D eigenvalue weighted by Gasteiger charge is 2.29. The van der Waals surface area contributed by atoms with Crippen molar-refractivity contribution in [2.45, 2.75) is 26.7 Å². The molecule has 5 aromatic carbocycles. The van der Waals surface area contributed by atoms with Crippen LogP contribution in [0.5, 0.6) is 0 Å². The zero-order valence-electron chi connectivity index (χ0n) is 32.2. The van der Waals surface area contributed by atoms with Crippen LogP contribution in [0.15, 0.2) is 169 Å². The van der Waals surface area contributed by atoms with Crippen molar-refractivity contribution >= 4 is 48.9 Å². The molecule has 4 nitrogen and oxygen atoms in total. The lowest BCUT2D eigenvalue weighted by Crippen LogP contribution is -2.23. The smallest absolute Gasteiger partial charge is 0.0791 e. The number of benzene rings is 5. The van der Waals surface area contributed by atoms with Gasteiger partial charge in [0.2, 0.25) is 0 Å². The van der Waals surface area contributed by atoms with E-state index in [0.29, 0.717) is 5.92 Å². The molecule has 2 unspecified atom stereocenters. The third-order valence-electron chi connectivity index (χ3n) is 12.0. The number of aromatic nitrogens is 3. The quantitative estimate of drug-likeness (QED) is 0.131. The number of aryl methyl sites for hydroxylation is 2. The molecule has 1 aliphatic carbocycles. The number of allylic oxidation sites excluding steroid dienone is 5. The van der Waals surface area contributed by atoms with E-state index in [1.165, 1.54) is 65.7 Å². The van der Waals surface area contributed by atoms with E-state index in [-0.39, 0.29) is 5.92 Å². The summed E-state index contributed by atoms with van der Waals surface area (Å²) in [5.74, 6) is 0.491. The number of rotatable bonds is 5. The van der Waals surface area contributed by atoms with E-state index >= 15 is 0 Å². The first-order chi connectivity index (χ1) is 27.4. The summed E-state index contributed by atoms with van der Waals surface area (Å²) in [5.41, 5.74) is 15.1. The molecule has 3 aromatic heterocycles. The second-order valence-corrected chi connectivity index (χ2v) is 15.4. The Hall–Kier alpha value is -6.65. The molecule has 2 atom stereocenters. The summed E-state index contributed by atoms with van der Waals surface area (Å²) in [6, 6.07) is 41.2. The van der Waals surface area contributed by atoms with Gasteiger partial charge in [0.1, 0.15) is 0 Å². The summed E-state index contributed by atoms with van der Waals surface area (Å²) in [6.07, 6.45) is 15.2. The summed E-state index contributed by atoms with van der Waals surface area (Å²) in [6.45, 7) is 7.83. The zero-order valence-corrected chi connectivity index (χ0v) is 32.2. The van der Waals surface area contributed by atoms with E-state index in [0.717, 1.165) is 45.7 Å². The van der Waals surface area contributed by atoms with Gasteiger partial charge in [0.05, 0.1) is 22.4 Å². The molecule has 0 spiro atoms. The lowest BCUT2D eigenvalue weighted by Gasteiger charge is -2.33. The molecule has 4 heterocycles. The van der Waals surface area contributed by atoms with E-state index in [9.17, 15) is 0 Å². The first-order valence-electron chi connectivity index (χ1n) is 19.6.